The molecule has 1 aromatic carbocycles. The van der Waals surface area contributed by atoms with E-state index in [-0.39, 0.29) is 11.1 Å². The molecule has 0 aliphatic carbocycles. The number of hydrogen-bond acceptors (Lipinski definition) is 3. The highest BCUT2D eigenvalue weighted by molar-refractivity contribution is 6.12. The van der Waals surface area contributed by atoms with Gasteiger partial charge in [0.05, 0.1) is 11.1 Å². The number of hydrogen-bond donors (Lipinski definition) is 1. The van der Waals surface area contributed by atoms with Crippen molar-refractivity contribution >= 4 is 11.8 Å². The summed E-state index contributed by atoms with van der Waals surface area (Å²) in [6.45, 7) is 0. The normalized spacial score (nSPS) is 11.2. The first-order valence-electron chi connectivity index (χ1n) is 5.71. The Balaban J connectivity index is 2.49. The van der Waals surface area contributed by atoms with Crippen LogP contribution >= 0.6 is 0 Å². The van der Waals surface area contributed by atoms with Gasteiger partial charge in [0.2, 0.25) is 5.78 Å². The summed E-state index contributed by atoms with van der Waals surface area (Å²) in [6.07, 6.45) is -3.39. The van der Waals surface area contributed by atoms with Crippen molar-refractivity contribution in [2.75, 3.05) is 0 Å². The van der Waals surface area contributed by atoms with Gasteiger partial charge in [0, 0.05) is 11.8 Å². The van der Waals surface area contributed by atoms with Crippen molar-refractivity contribution in [1.29, 1.82) is 0 Å². The van der Waals surface area contributed by atoms with E-state index in [1.165, 1.54) is 18.3 Å². The van der Waals surface area contributed by atoms with E-state index in [4.69, 9.17) is 5.11 Å². The van der Waals surface area contributed by atoms with E-state index in [9.17, 15) is 22.8 Å². The number of carbonyl (C=O) groups is 2. The Morgan fingerprint density at radius 2 is 1.81 bits per heavy atom. The molecule has 0 spiro atoms. The lowest BCUT2D eigenvalue weighted by atomic mass is 10.0. The van der Waals surface area contributed by atoms with Crippen LogP contribution in [0.25, 0.3) is 0 Å². The van der Waals surface area contributed by atoms with E-state index in [2.05, 4.69) is 4.98 Å². The minimum absolute atomic E-state index is 0.272. The van der Waals surface area contributed by atoms with E-state index < -0.39 is 29.2 Å². The second-order valence-corrected chi connectivity index (χ2v) is 4.11. The van der Waals surface area contributed by atoms with Gasteiger partial charge in [0.15, 0.2) is 0 Å². The van der Waals surface area contributed by atoms with Crippen LogP contribution in [0.3, 0.4) is 0 Å². The van der Waals surface area contributed by atoms with Crippen molar-refractivity contribution in [1.82, 2.24) is 4.98 Å². The fourth-order valence-corrected chi connectivity index (χ4v) is 1.73. The lowest BCUT2D eigenvalue weighted by molar-refractivity contribution is -0.137. The van der Waals surface area contributed by atoms with Gasteiger partial charge < -0.3 is 5.11 Å². The zero-order valence-electron chi connectivity index (χ0n) is 10.4. The van der Waals surface area contributed by atoms with Crippen LogP contribution in [0.2, 0.25) is 0 Å². The van der Waals surface area contributed by atoms with Crippen LogP contribution in [-0.4, -0.2) is 21.8 Å². The average Bonchev–Trinajstić information content (AvgIpc) is 2.45. The number of aromatic nitrogens is 1. The topological polar surface area (TPSA) is 67.3 Å². The number of halogens is 3. The fraction of sp³-hybridized carbons (Fsp3) is 0.0714. The molecule has 0 amide bonds. The Bertz CT molecular complexity index is 711. The molecule has 7 heteroatoms. The zero-order chi connectivity index (χ0) is 15.6. The van der Waals surface area contributed by atoms with Crippen LogP contribution in [0.15, 0.2) is 42.6 Å². The molecule has 0 saturated carbocycles. The molecule has 2 rings (SSSR count). The molecule has 21 heavy (non-hydrogen) atoms. The van der Waals surface area contributed by atoms with Crippen molar-refractivity contribution in [2.24, 2.45) is 0 Å². The monoisotopic (exact) mass is 295 g/mol. The third-order valence-corrected chi connectivity index (χ3v) is 2.71. The van der Waals surface area contributed by atoms with Crippen molar-refractivity contribution in [3.8, 4) is 0 Å². The lowest BCUT2D eigenvalue weighted by Crippen LogP contribution is -2.13. The quantitative estimate of drug-likeness (QED) is 0.884. The van der Waals surface area contributed by atoms with Crippen LogP contribution in [0.1, 0.15) is 32.0 Å². The van der Waals surface area contributed by atoms with Crippen LogP contribution in [0.5, 0.6) is 0 Å². The van der Waals surface area contributed by atoms with Gasteiger partial charge in [-0.05, 0) is 24.3 Å². The summed E-state index contributed by atoms with van der Waals surface area (Å²) in [5.41, 5.74) is -2.02. The lowest BCUT2D eigenvalue weighted by Gasteiger charge is -2.08. The molecule has 0 saturated heterocycles. The first kappa shape index (κ1) is 14.7. The van der Waals surface area contributed by atoms with E-state index in [0.29, 0.717) is 6.07 Å². The Hall–Kier alpha value is -2.70. The second kappa shape index (κ2) is 5.35. The molecule has 1 N–H and O–H groups in total. The molecule has 0 fully saturated rings. The standard InChI is InChI=1S/C14H8F3NO3/c15-14(16,17)9-4-1-3-8(7-9)12(19)11-10(13(20)21)5-2-6-18-11/h1-7H,(H,20,21). The highest BCUT2D eigenvalue weighted by atomic mass is 19.4. The number of aromatic carboxylic acids is 1. The highest BCUT2D eigenvalue weighted by Crippen LogP contribution is 2.30. The van der Waals surface area contributed by atoms with Gasteiger partial charge >= 0.3 is 12.1 Å². The Labute approximate surface area is 116 Å². The molecular weight excluding hydrogens is 287 g/mol. The molecule has 4 nitrogen and oxygen atoms in total. The second-order valence-electron chi connectivity index (χ2n) is 4.11. The third kappa shape index (κ3) is 3.07. The molecule has 0 atom stereocenters. The third-order valence-electron chi connectivity index (χ3n) is 2.71. The maximum Gasteiger partial charge on any atom is 0.416 e. The number of rotatable bonds is 3. The number of pyridine rings is 1. The molecule has 2 aromatic rings. The number of carbonyl (C=O) groups excluding carboxylic acids is 1. The molecule has 0 radical (unpaired) electrons. The predicted molar refractivity (Wildman–Crippen MR) is 66.1 cm³/mol. The Morgan fingerprint density at radius 1 is 1.10 bits per heavy atom. The van der Waals surface area contributed by atoms with Crippen LogP contribution in [0, 0.1) is 0 Å². The summed E-state index contributed by atoms with van der Waals surface area (Å²) in [6, 6.07) is 6.25. The van der Waals surface area contributed by atoms with Gasteiger partial charge in [-0.2, -0.15) is 13.2 Å². The maximum absolute atomic E-state index is 12.6. The first-order valence-corrected chi connectivity index (χ1v) is 5.71. The molecule has 0 unspecified atom stereocenters. The van der Waals surface area contributed by atoms with Crippen LogP contribution in [-0.2, 0) is 6.18 Å². The van der Waals surface area contributed by atoms with Gasteiger partial charge in [-0.25, -0.2) is 4.79 Å². The maximum atomic E-state index is 12.6. The largest absolute Gasteiger partial charge is 0.478 e. The fourth-order valence-electron chi connectivity index (χ4n) is 1.73. The van der Waals surface area contributed by atoms with E-state index in [0.717, 1.165) is 18.2 Å². The molecule has 1 aromatic heterocycles. The SMILES string of the molecule is O=C(O)c1cccnc1C(=O)c1cccc(C(F)(F)F)c1. The summed E-state index contributed by atoms with van der Waals surface area (Å²) >= 11 is 0. The molecule has 1 heterocycles. The predicted octanol–water partition coefficient (Wildman–Crippen LogP) is 3.03. The van der Waals surface area contributed by atoms with E-state index in [1.807, 2.05) is 0 Å². The van der Waals surface area contributed by atoms with E-state index in [1.54, 1.807) is 0 Å². The molecule has 0 bridgehead atoms. The average molecular weight is 295 g/mol. The first-order chi connectivity index (χ1) is 9.80. The highest BCUT2D eigenvalue weighted by Gasteiger charge is 2.31. The summed E-state index contributed by atoms with van der Waals surface area (Å²) in [4.78, 5) is 26.8. The van der Waals surface area contributed by atoms with Crippen LogP contribution in [0.4, 0.5) is 13.2 Å². The summed E-state index contributed by atoms with van der Waals surface area (Å²) < 4.78 is 37.9. The van der Waals surface area contributed by atoms with Crippen molar-refractivity contribution in [2.45, 2.75) is 6.18 Å². The summed E-state index contributed by atoms with van der Waals surface area (Å²) in [7, 11) is 0. The van der Waals surface area contributed by atoms with Gasteiger partial charge in [-0.1, -0.05) is 12.1 Å². The minimum atomic E-state index is -4.59. The van der Waals surface area contributed by atoms with Gasteiger partial charge in [0.25, 0.3) is 0 Å². The number of benzene rings is 1. The van der Waals surface area contributed by atoms with Gasteiger partial charge in [-0.3, -0.25) is 9.78 Å². The number of ketones is 1. The number of carboxylic acid groups (broad SMARTS) is 1. The van der Waals surface area contributed by atoms with Crippen molar-refractivity contribution in [3.05, 3.63) is 65.0 Å². The van der Waals surface area contributed by atoms with Crippen molar-refractivity contribution in [3.63, 3.8) is 0 Å². The minimum Gasteiger partial charge on any atom is -0.478 e. The van der Waals surface area contributed by atoms with Crippen LogP contribution < -0.4 is 0 Å². The molecule has 108 valence electrons. The molecule has 0 aliphatic heterocycles. The van der Waals surface area contributed by atoms with Crippen molar-refractivity contribution < 1.29 is 27.9 Å². The summed E-state index contributed by atoms with van der Waals surface area (Å²) in [5.74, 6) is -2.25. The number of carboxylic acids is 1. The van der Waals surface area contributed by atoms with Gasteiger partial charge in [-0.15, -0.1) is 0 Å². The molecule has 0 aliphatic rings. The van der Waals surface area contributed by atoms with E-state index >= 15 is 0 Å². The number of nitrogens with zero attached hydrogens (tertiary/aromatic N) is 1. The Morgan fingerprint density at radius 3 is 2.43 bits per heavy atom. The Kier molecular flexibility index (Phi) is 3.75. The van der Waals surface area contributed by atoms with Gasteiger partial charge in [0.1, 0.15) is 5.69 Å². The summed E-state index contributed by atoms with van der Waals surface area (Å²) in [5, 5.41) is 8.97. The zero-order valence-corrected chi connectivity index (χ0v) is 10.4. The number of alkyl halides is 3. The smallest absolute Gasteiger partial charge is 0.416 e. The molecular formula is C14H8F3NO3.